The molecular formula is C16H13N3O. The van der Waals surface area contributed by atoms with Crippen molar-refractivity contribution in [3.05, 3.63) is 65.1 Å². The van der Waals surface area contributed by atoms with Crippen LogP contribution in [0, 0.1) is 11.3 Å². The van der Waals surface area contributed by atoms with Crippen molar-refractivity contribution < 1.29 is 0 Å². The van der Waals surface area contributed by atoms with Crippen LogP contribution in [-0.2, 0) is 6.54 Å². The summed E-state index contributed by atoms with van der Waals surface area (Å²) in [5, 5.41) is 8.74. The number of hydrogen-bond donors (Lipinski definition) is 0. The molecule has 20 heavy (non-hydrogen) atoms. The minimum atomic E-state index is -0.104. The highest BCUT2D eigenvalue weighted by molar-refractivity contribution is 5.78. The fraction of sp³-hybridized carbons (Fsp3) is 0.125. The van der Waals surface area contributed by atoms with E-state index in [0.717, 1.165) is 16.7 Å². The average molecular weight is 263 g/mol. The number of imidazole rings is 1. The van der Waals surface area contributed by atoms with Crippen LogP contribution in [0.5, 0.6) is 0 Å². The van der Waals surface area contributed by atoms with Crippen molar-refractivity contribution in [2.45, 2.75) is 13.0 Å². The second-order valence-electron chi connectivity index (χ2n) is 4.50. The Labute approximate surface area is 116 Å². The zero-order valence-electron chi connectivity index (χ0n) is 10.9. The largest absolute Gasteiger partial charge is 0.333 e. The number of hydrogen-bond acceptors (Lipinski definition) is 2. The molecule has 0 aliphatic carbocycles. The molecule has 4 nitrogen and oxygen atoms in total. The lowest BCUT2D eigenvalue weighted by molar-refractivity contribution is 0.695. The Morgan fingerprint density at radius 2 is 1.60 bits per heavy atom. The Balaban J connectivity index is 2.31. The Bertz CT molecular complexity index is 838. The van der Waals surface area contributed by atoms with E-state index in [9.17, 15) is 4.79 Å². The van der Waals surface area contributed by atoms with E-state index in [1.807, 2.05) is 54.6 Å². The van der Waals surface area contributed by atoms with E-state index in [1.165, 1.54) is 0 Å². The minimum Gasteiger partial charge on any atom is -0.291 e. The third-order valence-corrected chi connectivity index (χ3v) is 3.30. The van der Waals surface area contributed by atoms with Gasteiger partial charge < -0.3 is 0 Å². The van der Waals surface area contributed by atoms with Crippen molar-refractivity contribution in [3.63, 3.8) is 0 Å². The maximum absolute atomic E-state index is 12.6. The summed E-state index contributed by atoms with van der Waals surface area (Å²) in [6.45, 7) is 0.412. The second kappa shape index (κ2) is 5.06. The third-order valence-electron chi connectivity index (χ3n) is 3.30. The van der Waals surface area contributed by atoms with Gasteiger partial charge in [-0.15, -0.1) is 0 Å². The molecule has 3 rings (SSSR count). The van der Waals surface area contributed by atoms with Crippen LogP contribution < -0.4 is 5.69 Å². The van der Waals surface area contributed by atoms with Gasteiger partial charge in [-0.05, 0) is 24.3 Å². The summed E-state index contributed by atoms with van der Waals surface area (Å²) in [6.07, 6.45) is 0.322. The number of nitrogens with zero attached hydrogens (tertiary/aromatic N) is 3. The summed E-state index contributed by atoms with van der Waals surface area (Å²) in [5.41, 5.74) is 2.45. The van der Waals surface area contributed by atoms with Gasteiger partial charge in [0.1, 0.15) is 0 Å². The topological polar surface area (TPSA) is 50.7 Å². The first kappa shape index (κ1) is 12.2. The molecule has 0 fully saturated rings. The van der Waals surface area contributed by atoms with Crippen molar-refractivity contribution in [1.82, 2.24) is 9.13 Å². The van der Waals surface area contributed by atoms with Crippen LogP contribution in [0.2, 0.25) is 0 Å². The molecule has 0 radical (unpaired) electrons. The molecule has 2 aromatic carbocycles. The number of aryl methyl sites for hydroxylation is 1. The van der Waals surface area contributed by atoms with Crippen LogP contribution in [0.25, 0.3) is 16.7 Å². The van der Waals surface area contributed by atoms with Gasteiger partial charge in [-0.25, -0.2) is 4.79 Å². The van der Waals surface area contributed by atoms with Gasteiger partial charge in [0.15, 0.2) is 0 Å². The van der Waals surface area contributed by atoms with Crippen molar-refractivity contribution >= 4 is 11.0 Å². The molecule has 1 aromatic heterocycles. The summed E-state index contributed by atoms with van der Waals surface area (Å²) < 4.78 is 3.35. The molecule has 0 aliphatic heterocycles. The van der Waals surface area contributed by atoms with Crippen molar-refractivity contribution in [3.8, 4) is 11.8 Å². The zero-order chi connectivity index (χ0) is 13.9. The van der Waals surface area contributed by atoms with Gasteiger partial charge in [0.05, 0.1) is 29.2 Å². The monoisotopic (exact) mass is 263 g/mol. The predicted octanol–water partition coefficient (Wildman–Crippen LogP) is 2.71. The molecule has 0 bridgehead atoms. The van der Waals surface area contributed by atoms with E-state index >= 15 is 0 Å². The Morgan fingerprint density at radius 3 is 2.30 bits per heavy atom. The molecule has 0 unspecified atom stereocenters. The molecule has 0 spiro atoms. The maximum Gasteiger partial charge on any atom is 0.333 e. The van der Waals surface area contributed by atoms with Crippen LogP contribution in [-0.4, -0.2) is 9.13 Å². The average Bonchev–Trinajstić information content (AvgIpc) is 2.78. The number of aromatic nitrogens is 2. The van der Waals surface area contributed by atoms with E-state index in [4.69, 9.17) is 5.26 Å². The summed E-state index contributed by atoms with van der Waals surface area (Å²) in [6, 6.07) is 19.3. The standard InChI is InChI=1S/C16H13N3O/c17-11-6-12-18-14-9-4-5-10-15(14)19(16(18)20)13-7-2-1-3-8-13/h1-5,7-10H,6,12H2. The molecule has 0 amide bonds. The molecule has 0 saturated carbocycles. The number of benzene rings is 2. The van der Waals surface area contributed by atoms with E-state index in [-0.39, 0.29) is 5.69 Å². The maximum atomic E-state index is 12.6. The first-order chi connectivity index (χ1) is 9.83. The molecule has 4 heteroatoms. The second-order valence-corrected chi connectivity index (χ2v) is 4.50. The normalized spacial score (nSPS) is 10.6. The molecule has 0 N–H and O–H groups in total. The third kappa shape index (κ3) is 1.90. The SMILES string of the molecule is N#CCCn1c(=O)n(-c2ccccc2)c2ccccc21. The summed E-state index contributed by atoms with van der Waals surface area (Å²) >= 11 is 0. The van der Waals surface area contributed by atoms with Crippen molar-refractivity contribution in [1.29, 1.82) is 5.26 Å². The highest BCUT2D eigenvalue weighted by atomic mass is 16.1. The lowest BCUT2D eigenvalue weighted by Gasteiger charge is -2.01. The molecular weight excluding hydrogens is 250 g/mol. The number of rotatable bonds is 3. The first-order valence-corrected chi connectivity index (χ1v) is 6.45. The quantitative estimate of drug-likeness (QED) is 0.729. The Morgan fingerprint density at radius 1 is 0.950 bits per heavy atom. The zero-order valence-corrected chi connectivity index (χ0v) is 10.9. The highest BCUT2D eigenvalue weighted by Gasteiger charge is 2.13. The Kier molecular flexibility index (Phi) is 3.10. The summed E-state index contributed by atoms with van der Waals surface area (Å²) in [5.74, 6) is 0. The fourth-order valence-corrected chi connectivity index (χ4v) is 2.41. The van der Waals surface area contributed by atoms with Crippen molar-refractivity contribution in [2.24, 2.45) is 0 Å². The number of nitriles is 1. The van der Waals surface area contributed by atoms with Gasteiger partial charge in [0.25, 0.3) is 0 Å². The predicted molar refractivity (Wildman–Crippen MR) is 77.8 cm³/mol. The summed E-state index contributed by atoms with van der Waals surface area (Å²) in [7, 11) is 0. The summed E-state index contributed by atoms with van der Waals surface area (Å²) in [4.78, 5) is 12.6. The molecule has 0 aliphatic rings. The van der Waals surface area contributed by atoms with E-state index < -0.39 is 0 Å². The van der Waals surface area contributed by atoms with Gasteiger partial charge in [0.2, 0.25) is 0 Å². The number of fused-ring (bicyclic) bond motifs is 1. The van der Waals surface area contributed by atoms with Gasteiger partial charge in [0, 0.05) is 6.54 Å². The number of para-hydroxylation sites is 3. The van der Waals surface area contributed by atoms with Crippen molar-refractivity contribution in [2.75, 3.05) is 0 Å². The van der Waals surface area contributed by atoms with Gasteiger partial charge in [-0.1, -0.05) is 30.3 Å². The molecule has 0 saturated heterocycles. The lowest BCUT2D eigenvalue weighted by atomic mass is 10.3. The smallest absolute Gasteiger partial charge is 0.291 e. The fourth-order valence-electron chi connectivity index (χ4n) is 2.41. The van der Waals surface area contributed by atoms with Crippen LogP contribution >= 0.6 is 0 Å². The molecule has 0 atom stereocenters. The van der Waals surface area contributed by atoms with Crippen LogP contribution in [0.3, 0.4) is 0 Å². The van der Waals surface area contributed by atoms with Gasteiger partial charge in [-0.2, -0.15) is 5.26 Å². The van der Waals surface area contributed by atoms with E-state index in [2.05, 4.69) is 6.07 Å². The van der Waals surface area contributed by atoms with E-state index in [0.29, 0.717) is 13.0 Å². The lowest BCUT2D eigenvalue weighted by Crippen LogP contribution is -2.23. The van der Waals surface area contributed by atoms with Gasteiger partial charge >= 0.3 is 5.69 Å². The molecule has 3 aromatic rings. The minimum absolute atomic E-state index is 0.104. The van der Waals surface area contributed by atoms with Crippen LogP contribution in [0.15, 0.2) is 59.4 Å². The molecule has 98 valence electrons. The highest BCUT2D eigenvalue weighted by Crippen LogP contribution is 2.17. The van der Waals surface area contributed by atoms with Crippen LogP contribution in [0.1, 0.15) is 6.42 Å². The van der Waals surface area contributed by atoms with E-state index in [1.54, 1.807) is 9.13 Å². The Hall–Kier alpha value is -2.80. The first-order valence-electron chi connectivity index (χ1n) is 6.45. The van der Waals surface area contributed by atoms with Crippen LogP contribution in [0.4, 0.5) is 0 Å². The van der Waals surface area contributed by atoms with Gasteiger partial charge in [-0.3, -0.25) is 9.13 Å². The molecule has 1 heterocycles.